The van der Waals surface area contributed by atoms with Crippen LogP contribution in [0.15, 0.2) is 0 Å². The molecule has 27 heavy (non-hydrogen) atoms. The molecule has 0 aromatic heterocycles. The lowest BCUT2D eigenvalue weighted by Crippen LogP contribution is -2.62. The first kappa shape index (κ1) is 22.4. The maximum absolute atomic E-state index is 11.1. The molecule has 0 heterocycles. The van der Waals surface area contributed by atoms with Crippen molar-refractivity contribution in [1.29, 1.82) is 0 Å². The summed E-state index contributed by atoms with van der Waals surface area (Å²) in [5.41, 5.74) is 2.01. The smallest absolute Gasteiger partial charge is 0.217 e. The second-order valence-electron chi connectivity index (χ2n) is 12.6. The molecule has 156 valence electrons. The summed E-state index contributed by atoms with van der Waals surface area (Å²) >= 11 is 0. The molecule has 4 rings (SSSR count). The zero-order chi connectivity index (χ0) is 20.7. The van der Waals surface area contributed by atoms with Crippen LogP contribution in [0.25, 0.3) is 0 Å². The number of nitrogens with one attached hydrogen (secondary N) is 1. The monoisotopic (exact) mass is 377 g/mol. The van der Waals surface area contributed by atoms with Gasteiger partial charge in [0, 0.05) is 19.4 Å². The number of rotatable bonds is 5. The van der Waals surface area contributed by atoms with Crippen LogP contribution in [0.5, 0.6) is 0 Å². The van der Waals surface area contributed by atoms with Gasteiger partial charge in [0.15, 0.2) is 0 Å². The Kier molecular flexibility index (Phi) is 6.25. The minimum atomic E-state index is 0.110. The van der Waals surface area contributed by atoms with Crippen LogP contribution >= 0.6 is 0 Å². The van der Waals surface area contributed by atoms with Gasteiger partial charge in [0.05, 0.1) is 0 Å². The van der Waals surface area contributed by atoms with E-state index in [1.54, 1.807) is 13.8 Å². The van der Waals surface area contributed by atoms with Crippen molar-refractivity contribution in [3.63, 3.8) is 0 Å². The molecule has 4 aliphatic carbocycles. The quantitative estimate of drug-likeness (QED) is 0.647. The van der Waals surface area contributed by atoms with E-state index in [-0.39, 0.29) is 5.91 Å². The maximum atomic E-state index is 11.1. The minimum absolute atomic E-state index is 0.110. The zero-order valence-corrected chi connectivity index (χ0v) is 19.1. The molecule has 0 atom stereocenters. The highest BCUT2D eigenvalue weighted by atomic mass is 16.1. The van der Waals surface area contributed by atoms with Crippen LogP contribution in [0.1, 0.15) is 107 Å². The van der Waals surface area contributed by atoms with Gasteiger partial charge in [-0.15, -0.1) is 0 Å². The summed E-state index contributed by atoms with van der Waals surface area (Å²) < 4.78 is 0. The lowest BCUT2D eigenvalue weighted by atomic mass is 9.32. The van der Waals surface area contributed by atoms with Crippen molar-refractivity contribution in [2.24, 2.45) is 27.6 Å². The van der Waals surface area contributed by atoms with Gasteiger partial charge in [-0.05, 0) is 79.4 Å². The molecular weight excluding hydrogens is 334 g/mol. The molecule has 0 radical (unpaired) electrons. The van der Waals surface area contributed by atoms with Crippen molar-refractivity contribution < 1.29 is 9.59 Å². The number of Topliss-reactive ketones (excluding diaryl/α,β-unsaturated/α-hetero) is 1. The minimum Gasteiger partial charge on any atom is -0.354 e. The first-order chi connectivity index (χ1) is 12.1. The maximum Gasteiger partial charge on any atom is 0.217 e. The molecule has 0 aliphatic heterocycles. The molecule has 3 heteroatoms. The standard InChI is InChI=1S/C13H22O.C11H21NO/c1-10(14)5-12-7-13(8-12,9-12)6-11(2,3)4;1-8(13)12-10-5-9(6-10)7-11(2,3)4/h5-9H2,1-4H3;9-10H,5-7H2,1-4H3,(H,12,13). The molecule has 3 nitrogen and oxygen atoms in total. The summed E-state index contributed by atoms with van der Waals surface area (Å²) in [6, 6.07) is 0.463. The number of ketones is 1. The normalized spacial score (nSPS) is 34.2. The highest BCUT2D eigenvalue weighted by molar-refractivity contribution is 5.77. The van der Waals surface area contributed by atoms with Crippen molar-refractivity contribution in [2.45, 2.75) is 113 Å². The Morgan fingerprint density at radius 1 is 0.889 bits per heavy atom. The van der Waals surface area contributed by atoms with Crippen molar-refractivity contribution in [2.75, 3.05) is 0 Å². The van der Waals surface area contributed by atoms with E-state index in [1.807, 2.05) is 0 Å². The van der Waals surface area contributed by atoms with Gasteiger partial charge in [0.25, 0.3) is 0 Å². The van der Waals surface area contributed by atoms with E-state index in [4.69, 9.17) is 0 Å². The third-order valence-corrected chi connectivity index (χ3v) is 6.32. The van der Waals surface area contributed by atoms with E-state index < -0.39 is 0 Å². The van der Waals surface area contributed by atoms with Gasteiger partial charge in [-0.1, -0.05) is 41.5 Å². The van der Waals surface area contributed by atoms with Gasteiger partial charge in [-0.3, -0.25) is 4.79 Å². The third kappa shape index (κ3) is 6.61. The van der Waals surface area contributed by atoms with E-state index in [9.17, 15) is 9.59 Å². The lowest BCUT2D eigenvalue weighted by molar-refractivity contribution is -0.220. The number of amides is 1. The molecule has 0 aromatic rings. The molecule has 4 aliphatic rings. The average Bonchev–Trinajstić information content (AvgIpc) is 2.28. The van der Waals surface area contributed by atoms with Crippen LogP contribution in [0.4, 0.5) is 0 Å². The molecule has 0 spiro atoms. The molecule has 0 aromatic carbocycles. The second-order valence-corrected chi connectivity index (χ2v) is 12.6. The largest absolute Gasteiger partial charge is 0.354 e. The van der Waals surface area contributed by atoms with Crippen LogP contribution in [0.3, 0.4) is 0 Å². The van der Waals surface area contributed by atoms with Gasteiger partial charge >= 0.3 is 0 Å². The number of carbonyl (C=O) groups excluding carboxylic acids is 2. The molecule has 1 amide bonds. The first-order valence-corrected chi connectivity index (χ1v) is 10.9. The lowest BCUT2D eigenvalue weighted by Gasteiger charge is -2.72. The van der Waals surface area contributed by atoms with Crippen molar-refractivity contribution >= 4 is 11.7 Å². The SMILES string of the molecule is CC(=O)CC12CC(CC(C)(C)C)(C1)C2.CC(=O)NC1CC(CC(C)(C)C)C1. The second kappa shape index (κ2) is 7.52. The molecule has 1 N–H and O–H groups in total. The van der Waals surface area contributed by atoms with Gasteiger partial charge in [-0.2, -0.15) is 0 Å². The van der Waals surface area contributed by atoms with Crippen LogP contribution in [-0.2, 0) is 9.59 Å². The van der Waals surface area contributed by atoms with Crippen molar-refractivity contribution in [3.05, 3.63) is 0 Å². The molecule has 2 bridgehead atoms. The van der Waals surface area contributed by atoms with Crippen molar-refractivity contribution in [1.82, 2.24) is 5.32 Å². The third-order valence-electron chi connectivity index (χ3n) is 6.32. The Morgan fingerprint density at radius 2 is 1.41 bits per heavy atom. The molecule has 4 saturated carbocycles. The number of hydrogen-bond acceptors (Lipinski definition) is 2. The van der Waals surface area contributed by atoms with E-state index in [0.717, 1.165) is 12.3 Å². The van der Waals surface area contributed by atoms with E-state index >= 15 is 0 Å². The van der Waals surface area contributed by atoms with Gasteiger partial charge in [0.2, 0.25) is 5.91 Å². The summed E-state index contributed by atoms with van der Waals surface area (Å²) in [7, 11) is 0. The fraction of sp³-hybridized carbons (Fsp3) is 0.917. The van der Waals surface area contributed by atoms with Gasteiger partial charge < -0.3 is 10.1 Å². The molecule has 0 saturated heterocycles. The molecular formula is C24H43NO2. The highest BCUT2D eigenvalue weighted by Crippen LogP contribution is 2.77. The van der Waals surface area contributed by atoms with Gasteiger partial charge in [0.1, 0.15) is 5.78 Å². The highest BCUT2D eigenvalue weighted by Gasteiger charge is 2.67. The summed E-state index contributed by atoms with van der Waals surface area (Å²) in [4.78, 5) is 21.8. The topological polar surface area (TPSA) is 46.2 Å². The summed E-state index contributed by atoms with van der Waals surface area (Å²) in [5.74, 6) is 1.32. The molecule has 4 fully saturated rings. The summed E-state index contributed by atoms with van der Waals surface area (Å²) in [5, 5.41) is 2.96. The van der Waals surface area contributed by atoms with Crippen LogP contribution < -0.4 is 5.32 Å². The Hall–Kier alpha value is -0.860. The van der Waals surface area contributed by atoms with Crippen LogP contribution in [0.2, 0.25) is 0 Å². The number of carbonyl (C=O) groups is 2. The fourth-order valence-corrected chi connectivity index (χ4v) is 6.43. The first-order valence-electron chi connectivity index (χ1n) is 10.9. The van der Waals surface area contributed by atoms with E-state index in [0.29, 0.717) is 33.5 Å². The predicted molar refractivity (Wildman–Crippen MR) is 112 cm³/mol. The molecule has 0 unspecified atom stereocenters. The summed E-state index contributed by atoms with van der Waals surface area (Å²) in [6.45, 7) is 17.1. The predicted octanol–water partition coefficient (Wildman–Crippen LogP) is 5.91. The summed E-state index contributed by atoms with van der Waals surface area (Å²) in [6.07, 6.45) is 9.82. The van der Waals surface area contributed by atoms with Crippen LogP contribution in [-0.4, -0.2) is 17.7 Å². The Morgan fingerprint density at radius 3 is 1.78 bits per heavy atom. The number of hydrogen-bond donors (Lipinski definition) is 1. The fourth-order valence-electron chi connectivity index (χ4n) is 6.43. The Labute approximate surface area is 167 Å². The van der Waals surface area contributed by atoms with Crippen molar-refractivity contribution in [3.8, 4) is 0 Å². The van der Waals surface area contributed by atoms with Gasteiger partial charge in [-0.25, -0.2) is 0 Å². The zero-order valence-electron chi connectivity index (χ0n) is 19.1. The van der Waals surface area contributed by atoms with E-state index in [2.05, 4.69) is 46.9 Å². The Balaban J connectivity index is 0.000000194. The van der Waals surface area contributed by atoms with Crippen LogP contribution in [0, 0.1) is 27.6 Å². The Bertz CT molecular complexity index is 538. The van der Waals surface area contributed by atoms with E-state index in [1.165, 1.54) is 44.9 Å². The average molecular weight is 378 g/mol.